The largest absolute Gasteiger partial charge is 0.362 e. The number of aromatic nitrogens is 3. The minimum Gasteiger partial charge on any atom is -0.362 e. The van der Waals surface area contributed by atoms with Crippen LogP contribution in [-0.2, 0) is 7.05 Å². The molecule has 4 heterocycles. The predicted octanol–water partition coefficient (Wildman–Crippen LogP) is 4.77. The van der Waals surface area contributed by atoms with Crippen molar-refractivity contribution in [3.8, 4) is 0 Å². The topological polar surface area (TPSA) is 58.6 Å². The van der Waals surface area contributed by atoms with Crippen molar-refractivity contribution in [1.82, 2.24) is 18.8 Å². The Morgan fingerprint density at radius 3 is 2.57 bits per heavy atom. The van der Waals surface area contributed by atoms with Crippen LogP contribution in [0.5, 0.6) is 0 Å². The Morgan fingerprint density at radius 1 is 1.11 bits per heavy atom. The Labute approximate surface area is 207 Å². The molecule has 1 unspecified atom stereocenters. The van der Waals surface area contributed by atoms with Gasteiger partial charge >= 0.3 is 0 Å². The van der Waals surface area contributed by atoms with E-state index in [-0.39, 0.29) is 29.5 Å². The zero-order valence-electron chi connectivity index (χ0n) is 19.7. The molecule has 1 fully saturated rings. The molecule has 0 spiro atoms. The maximum absolute atomic E-state index is 13.7. The molecule has 0 bridgehead atoms. The van der Waals surface area contributed by atoms with Gasteiger partial charge in [-0.25, -0.2) is 8.76 Å². The van der Waals surface area contributed by atoms with Crippen LogP contribution in [0.25, 0.3) is 15.9 Å². The number of fused-ring (bicyclic) bond motifs is 1. The SMILES string of the molecule is [C-]#[N+]c1ccc2c(n1)c(N1C[C@@H](C)N(C(c3ccc(F)cc3)c3ccns3)C[C@@H]1C)cc(=O)n2C. The van der Waals surface area contributed by atoms with Crippen LogP contribution < -0.4 is 10.5 Å². The van der Waals surface area contributed by atoms with Crippen molar-refractivity contribution in [2.75, 3.05) is 18.0 Å². The lowest BCUT2D eigenvalue weighted by molar-refractivity contribution is 0.131. The standard InChI is InChI=1S/C26H25FN6OS/c1-16-15-33(26(22-11-12-29-35-22)18-5-7-19(27)8-6-18)17(2)14-32(16)21-13-24(34)31(4)20-9-10-23(28-3)30-25(20)21/h5-13,16-17,26H,14-15H2,1-2,4H3/t16-,17+,26?/m0/s1. The van der Waals surface area contributed by atoms with Crippen LogP contribution in [0.1, 0.15) is 30.3 Å². The van der Waals surface area contributed by atoms with Gasteiger partial charge in [0.1, 0.15) is 5.82 Å². The highest BCUT2D eigenvalue weighted by molar-refractivity contribution is 7.05. The molecule has 0 N–H and O–H groups in total. The number of pyridine rings is 2. The monoisotopic (exact) mass is 488 g/mol. The highest BCUT2D eigenvalue weighted by Crippen LogP contribution is 2.37. The molecule has 178 valence electrons. The molecule has 1 aliphatic rings. The number of hydrogen-bond acceptors (Lipinski definition) is 6. The van der Waals surface area contributed by atoms with Gasteiger partial charge in [-0.3, -0.25) is 9.69 Å². The van der Waals surface area contributed by atoms with Crippen LogP contribution in [-0.4, -0.2) is 44.0 Å². The first-order valence-corrected chi connectivity index (χ1v) is 12.2. The average Bonchev–Trinajstić information content (AvgIpc) is 3.39. The molecule has 3 atom stereocenters. The van der Waals surface area contributed by atoms with Gasteiger partial charge in [-0.15, -0.1) is 4.98 Å². The number of piperazine rings is 1. The molecule has 0 radical (unpaired) electrons. The molecule has 1 saturated heterocycles. The van der Waals surface area contributed by atoms with E-state index in [4.69, 9.17) is 6.57 Å². The fourth-order valence-electron chi connectivity index (χ4n) is 4.96. The molecule has 1 aliphatic heterocycles. The normalized spacial score (nSPS) is 19.6. The number of anilines is 1. The fraction of sp³-hybridized carbons (Fsp3) is 0.308. The molecular formula is C26H25FN6OS. The molecule has 9 heteroatoms. The van der Waals surface area contributed by atoms with Crippen molar-refractivity contribution < 1.29 is 4.39 Å². The summed E-state index contributed by atoms with van der Waals surface area (Å²) in [4.78, 5) is 26.6. The van der Waals surface area contributed by atoms with Crippen molar-refractivity contribution in [2.24, 2.45) is 7.05 Å². The Morgan fingerprint density at radius 2 is 1.89 bits per heavy atom. The van der Waals surface area contributed by atoms with Crippen LogP contribution in [0.3, 0.4) is 0 Å². The van der Waals surface area contributed by atoms with Crippen LogP contribution in [0.2, 0.25) is 0 Å². The van der Waals surface area contributed by atoms with E-state index >= 15 is 0 Å². The third-order valence-electron chi connectivity index (χ3n) is 6.76. The van der Waals surface area contributed by atoms with Crippen molar-refractivity contribution in [1.29, 1.82) is 0 Å². The first-order chi connectivity index (χ1) is 16.9. The number of aryl methyl sites for hydroxylation is 1. The summed E-state index contributed by atoms with van der Waals surface area (Å²) in [5.74, 6) is 0.0464. The van der Waals surface area contributed by atoms with E-state index in [2.05, 4.69) is 37.8 Å². The lowest BCUT2D eigenvalue weighted by atomic mass is 9.98. The number of nitrogens with zero attached hydrogens (tertiary/aromatic N) is 6. The van der Waals surface area contributed by atoms with E-state index in [1.165, 1.54) is 23.7 Å². The summed E-state index contributed by atoms with van der Waals surface area (Å²) in [6, 6.07) is 13.9. The highest BCUT2D eigenvalue weighted by Gasteiger charge is 2.36. The third-order valence-corrected chi connectivity index (χ3v) is 7.55. The van der Waals surface area contributed by atoms with E-state index < -0.39 is 0 Å². The molecule has 0 aliphatic carbocycles. The van der Waals surface area contributed by atoms with Crippen molar-refractivity contribution >= 4 is 34.1 Å². The summed E-state index contributed by atoms with van der Waals surface area (Å²) in [6.07, 6.45) is 1.80. The second-order valence-corrected chi connectivity index (χ2v) is 9.86. The molecule has 5 rings (SSSR count). The Balaban J connectivity index is 1.54. The lowest BCUT2D eigenvalue weighted by Crippen LogP contribution is -2.57. The molecular weight excluding hydrogens is 463 g/mol. The quantitative estimate of drug-likeness (QED) is 0.388. The van der Waals surface area contributed by atoms with E-state index in [1.807, 2.05) is 18.2 Å². The summed E-state index contributed by atoms with van der Waals surface area (Å²) in [5.41, 5.74) is 3.02. The number of benzene rings is 1. The minimum absolute atomic E-state index is 0.0464. The first kappa shape index (κ1) is 23.1. The van der Waals surface area contributed by atoms with E-state index in [0.29, 0.717) is 23.4 Å². The number of rotatable bonds is 4. The second kappa shape index (κ2) is 9.21. The molecule has 35 heavy (non-hydrogen) atoms. The highest BCUT2D eigenvalue weighted by atomic mass is 32.1. The molecule has 3 aromatic heterocycles. The molecule has 0 saturated carbocycles. The lowest BCUT2D eigenvalue weighted by Gasteiger charge is -2.48. The minimum atomic E-state index is -0.258. The number of halogens is 1. The van der Waals surface area contributed by atoms with Crippen LogP contribution in [0, 0.1) is 12.4 Å². The summed E-state index contributed by atoms with van der Waals surface area (Å²) in [5, 5.41) is 0. The smallest absolute Gasteiger partial charge is 0.270 e. The summed E-state index contributed by atoms with van der Waals surface area (Å²) < 4.78 is 19.6. The Kier molecular flexibility index (Phi) is 6.09. The molecule has 1 aromatic carbocycles. The van der Waals surface area contributed by atoms with Crippen molar-refractivity contribution in [3.63, 3.8) is 0 Å². The molecule has 4 aromatic rings. The van der Waals surface area contributed by atoms with Gasteiger partial charge in [0.2, 0.25) is 5.52 Å². The second-order valence-electron chi connectivity index (χ2n) is 8.99. The van der Waals surface area contributed by atoms with Gasteiger partial charge in [0, 0.05) is 49.4 Å². The first-order valence-electron chi connectivity index (χ1n) is 11.4. The van der Waals surface area contributed by atoms with Gasteiger partial charge in [-0.2, -0.15) is 0 Å². The zero-order chi connectivity index (χ0) is 24.7. The van der Waals surface area contributed by atoms with E-state index in [1.54, 1.807) is 36.0 Å². The summed E-state index contributed by atoms with van der Waals surface area (Å²) >= 11 is 1.45. The maximum atomic E-state index is 13.7. The predicted molar refractivity (Wildman–Crippen MR) is 137 cm³/mol. The van der Waals surface area contributed by atoms with Gasteiger partial charge < -0.3 is 14.3 Å². The third kappa shape index (κ3) is 4.20. The van der Waals surface area contributed by atoms with Crippen molar-refractivity contribution in [3.05, 3.63) is 92.8 Å². The fourth-order valence-corrected chi connectivity index (χ4v) is 5.70. The van der Waals surface area contributed by atoms with E-state index in [0.717, 1.165) is 22.7 Å². The summed E-state index contributed by atoms with van der Waals surface area (Å²) in [6.45, 7) is 13.1. The average molecular weight is 489 g/mol. The Hall–Kier alpha value is -3.61. The van der Waals surface area contributed by atoms with Gasteiger partial charge in [0.25, 0.3) is 11.4 Å². The Bertz CT molecular complexity index is 1460. The molecule has 0 amide bonds. The summed E-state index contributed by atoms with van der Waals surface area (Å²) in [7, 11) is 1.72. The zero-order valence-corrected chi connectivity index (χ0v) is 20.5. The van der Waals surface area contributed by atoms with Gasteiger partial charge in [-0.1, -0.05) is 18.7 Å². The van der Waals surface area contributed by atoms with Gasteiger partial charge in [0.05, 0.1) is 17.2 Å². The van der Waals surface area contributed by atoms with Crippen molar-refractivity contribution in [2.45, 2.75) is 32.0 Å². The van der Waals surface area contributed by atoms with Crippen LogP contribution in [0.15, 0.2) is 59.5 Å². The molecule has 7 nitrogen and oxygen atoms in total. The van der Waals surface area contributed by atoms with Crippen LogP contribution >= 0.6 is 11.5 Å². The maximum Gasteiger partial charge on any atom is 0.270 e. The van der Waals surface area contributed by atoms with E-state index in [9.17, 15) is 9.18 Å². The number of hydrogen-bond donors (Lipinski definition) is 0. The van der Waals surface area contributed by atoms with Gasteiger partial charge in [-0.05, 0) is 61.3 Å². The van der Waals surface area contributed by atoms with Crippen LogP contribution in [0.4, 0.5) is 15.9 Å². The van der Waals surface area contributed by atoms with Gasteiger partial charge in [0.15, 0.2) is 0 Å².